The van der Waals surface area contributed by atoms with Crippen LogP contribution in [0.3, 0.4) is 0 Å². The molecule has 1 aliphatic heterocycles. The van der Waals surface area contributed by atoms with Gasteiger partial charge in [0, 0.05) is 43.6 Å². The first-order chi connectivity index (χ1) is 9.99. The molecule has 0 aliphatic carbocycles. The van der Waals surface area contributed by atoms with E-state index in [1.54, 1.807) is 13.0 Å². The second-order valence-corrected chi connectivity index (χ2v) is 5.62. The van der Waals surface area contributed by atoms with Crippen LogP contribution in [0.1, 0.15) is 30.6 Å². The van der Waals surface area contributed by atoms with Crippen LogP contribution >= 0.6 is 12.4 Å². The van der Waals surface area contributed by atoms with Gasteiger partial charge in [0.2, 0.25) is 5.91 Å². The number of nitrogens with one attached hydrogen (secondary N) is 1. The molecule has 1 unspecified atom stereocenters. The number of piperazine rings is 1. The molecular formula is C16H22ClFN2O2. The fourth-order valence-electron chi connectivity index (χ4n) is 2.61. The number of carbonyl (C=O) groups excluding carboxylic acids is 2. The van der Waals surface area contributed by atoms with E-state index < -0.39 is 11.7 Å². The van der Waals surface area contributed by atoms with E-state index in [0.29, 0.717) is 12.1 Å². The standard InChI is InChI=1S/C16H21FN2O2.ClH/c1-11(16(21)13-4-3-5-14(17)9-13)8-15(20)19-7-6-18-10-12(19)2;/h3-5,9,11-12,18H,6-8,10H2,1-2H3;1H/t11?,12-;/m0./s1. The molecule has 1 saturated heterocycles. The van der Waals surface area contributed by atoms with Crippen LogP contribution in [0.25, 0.3) is 0 Å². The summed E-state index contributed by atoms with van der Waals surface area (Å²) in [7, 11) is 0. The van der Waals surface area contributed by atoms with Gasteiger partial charge in [0.1, 0.15) is 5.82 Å². The third-order valence-electron chi connectivity index (χ3n) is 3.86. The Morgan fingerprint density at radius 3 is 2.82 bits per heavy atom. The quantitative estimate of drug-likeness (QED) is 0.863. The number of halogens is 2. The predicted molar refractivity (Wildman–Crippen MR) is 85.8 cm³/mol. The molecule has 0 saturated carbocycles. The van der Waals surface area contributed by atoms with Gasteiger partial charge in [-0.1, -0.05) is 19.1 Å². The summed E-state index contributed by atoms with van der Waals surface area (Å²) in [6.07, 6.45) is 0.166. The number of hydrogen-bond donors (Lipinski definition) is 1. The van der Waals surface area contributed by atoms with Gasteiger partial charge in [-0.3, -0.25) is 9.59 Å². The minimum absolute atomic E-state index is 0. The van der Waals surface area contributed by atoms with E-state index in [1.165, 1.54) is 18.2 Å². The number of carbonyl (C=O) groups is 2. The number of benzene rings is 1. The van der Waals surface area contributed by atoms with Crippen LogP contribution in [0.5, 0.6) is 0 Å². The summed E-state index contributed by atoms with van der Waals surface area (Å²) in [5.41, 5.74) is 0.323. The zero-order valence-electron chi connectivity index (χ0n) is 12.8. The van der Waals surface area contributed by atoms with E-state index in [0.717, 1.165) is 13.1 Å². The molecule has 0 spiro atoms. The van der Waals surface area contributed by atoms with Gasteiger partial charge in [0.25, 0.3) is 0 Å². The maximum Gasteiger partial charge on any atom is 0.223 e. The van der Waals surface area contributed by atoms with Crippen molar-refractivity contribution in [1.29, 1.82) is 0 Å². The van der Waals surface area contributed by atoms with Crippen molar-refractivity contribution in [2.75, 3.05) is 19.6 Å². The Morgan fingerprint density at radius 2 is 2.18 bits per heavy atom. The summed E-state index contributed by atoms with van der Waals surface area (Å²) >= 11 is 0. The minimum Gasteiger partial charge on any atom is -0.337 e. The first kappa shape index (κ1) is 18.6. The van der Waals surface area contributed by atoms with E-state index in [-0.39, 0.29) is 36.6 Å². The SMILES string of the molecule is CC(CC(=O)N1CCNC[C@@H]1C)C(=O)c1cccc(F)c1.Cl. The van der Waals surface area contributed by atoms with Crippen LogP contribution in [0.4, 0.5) is 4.39 Å². The molecule has 2 atom stereocenters. The molecule has 1 aliphatic rings. The van der Waals surface area contributed by atoms with Crippen LogP contribution in [0.15, 0.2) is 24.3 Å². The lowest BCUT2D eigenvalue weighted by atomic mass is 9.95. The average Bonchev–Trinajstić information content (AvgIpc) is 2.46. The molecular weight excluding hydrogens is 307 g/mol. The van der Waals surface area contributed by atoms with Crippen molar-refractivity contribution in [3.63, 3.8) is 0 Å². The molecule has 1 N–H and O–H groups in total. The van der Waals surface area contributed by atoms with Gasteiger partial charge in [-0.15, -0.1) is 12.4 Å². The number of Topliss-reactive ketones (excluding diaryl/α,β-unsaturated/α-hetero) is 1. The van der Waals surface area contributed by atoms with Crippen LogP contribution in [-0.4, -0.2) is 42.3 Å². The number of rotatable bonds is 4. The lowest BCUT2D eigenvalue weighted by Crippen LogP contribution is -2.52. The minimum atomic E-state index is -0.443. The smallest absolute Gasteiger partial charge is 0.223 e. The lowest BCUT2D eigenvalue weighted by Gasteiger charge is -2.34. The first-order valence-electron chi connectivity index (χ1n) is 7.29. The third-order valence-corrected chi connectivity index (χ3v) is 3.86. The molecule has 1 heterocycles. The van der Waals surface area contributed by atoms with Gasteiger partial charge < -0.3 is 10.2 Å². The van der Waals surface area contributed by atoms with E-state index in [1.807, 2.05) is 11.8 Å². The van der Waals surface area contributed by atoms with Crippen molar-refractivity contribution in [3.05, 3.63) is 35.6 Å². The summed E-state index contributed by atoms with van der Waals surface area (Å²) in [6, 6.07) is 5.75. The Hall–Kier alpha value is -1.46. The van der Waals surface area contributed by atoms with Crippen molar-refractivity contribution in [1.82, 2.24) is 10.2 Å². The van der Waals surface area contributed by atoms with Crippen LogP contribution in [0, 0.1) is 11.7 Å². The number of hydrogen-bond acceptors (Lipinski definition) is 3. The maximum atomic E-state index is 13.2. The monoisotopic (exact) mass is 328 g/mol. The molecule has 4 nitrogen and oxygen atoms in total. The van der Waals surface area contributed by atoms with Gasteiger partial charge in [-0.25, -0.2) is 4.39 Å². The third kappa shape index (κ3) is 4.52. The fourth-order valence-corrected chi connectivity index (χ4v) is 2.61. The molecule has 1 amide bonds. The molecule has 22 heavy (non-hydrogen) atoms. The van der Waals surface area contributed by atoms with Crippen LogP contribution in [0.2, 0.25) is 0 Å². The normalized spacial score (nSPS) is 19.2. The number of ketones is 1. The zero-order valence-corrected chi connectivity index (χ0v) is 13.7. The number of amides is 1. The van der Waals surface area contributed by atoms with Gasteiger partial charge >= 0.3 is 0 Å². The Labute approximate surface area is 136 Å². The Balaban J connectivity index is 0.00000242. The van der Waals surface area contributed by atoms with Crippen LogP contribution < -0.4 is 5.32 Å². The summed E-state index contributed by atoms with van der Waals surface area (Å²) in [6.45, 7) is 5.93. The largest absolute Gasteiger partial charge is 0.337 e. The predicted octanol–water partition coefficient (Wildman–Crippen LogP) is 2.28. The molecule has 6 heteroatoms. The molecule has 0 radical (unpaired) electrons. The molecule has 0 bridgehead atoms. The van der Waals surface area contributed by atoms with Gasteiger partial charge in [0.05, 0.1) is 0 Å². The topological polar surface area (TPSA) is 49.4 Å². The highest BCUT2D eigenvalue weighted by Crippen LogP contribution is 2.16. The first-order valence-corrected chi connectivity index (χ1v) is 7.29. The van der Waals surface area contributed by atoms with E-state index in [4.69, 9.17) is 0 Å². The summed E-state index contributed by atoms with van der Waals surface area (Å²) in [5.74, 6) is -1.08. The highest BCUT2D eigenvalue weighted by atomic mass is 35.5. The summed E-state index contributed by atoms with van der Waals surface area (Å²) < 4.78 is 13.2. The van der Waals surface area contributed by atoms with E-state index >= 15 is 0 Å². The molecule has 1 fully saturated rings. The summed E-state index contributed by atoms with van der Waals surface area (Å²) in [4.78, 5) is 26.4. The Kier molecular flexibility index (Phi) is 6.97. The van der Waals surface area contributed by atoms with Crippen LogP contribution in [-0.2, 0) is 4.79 Å². The Bertz CT molecular complexity index is 539. The Morgan fingerprint density at radius 1 is 1.45 bits per heavy atom. The van der Waals surface area contributed by atoms with Crippen molar-refractivity contribution < 1.29 is 14.0 Å². The van der Waals surface area contributed by atoms with E-state index in [9.17, 15) is 14.0 Å². The van der Waals surface area contributed by atoms with Crippen molar-refractivity contribution in [2.45, 2.75) is 26.3 Å². The summed E-state index contributed by atoms with van der Waals surface area (Å²) in [5, 5.41) is 3.23. The second-order valence-electron chi connectivity index (χ2n) is 5.62. The number of nitrogens with zero attached hydrogens (tertiary/aromatic N) is 1. The van der Waals surface area contributed by atoms with Gasteiger partial charge in [-0.05, 0) is 19.1 Å². The lowest BCUT2D eigenvalue weighted by molar-refractivity contribution is -0.134. The van der Waals surface area contributed by atoms with E-state index in [2.05, 4.69) is 5.32 Å². The second kappa shape index (κ2) is 8.25. The van der Waals surface area contributed by atoms with Crippen molar-refractivity contribution in [3.8, 4) is 0 Å². The fraction of sp³-hybridized carbons (Fsp3) is 0.500. The zero-order chi connectivity index (χ0) is 15.4. The van der Waals surface area contributed by atoms with Gasteiger partial charge in [-0.2, -0.15) is 0 Å². The van der Waals surface area contributed by atoms with Gasteiger partial charge in [0.15, 0.2) is 5.78 Å². The maximum absolute atomic E-state index is 13.2. The van der Waals surface area contributed by atoms with Crippen molar-refractivity contribution in [2.24, 2.45) is 5.92 Å². The molecule has 122 valence electrons. The highest BCUT2D eigenvalue weighted by Gasteiger charge is 2.26. The highest BCUT2D eigenvalue weighted by molar-refractivity contribution is 5.99. The molecule has 1 aromatic carbocycles. The molecule has 1 aromatic rings. The molecule has 2 rings (SSSR count). The molecule has 0 aromatic heterocycles. The average molecular weight is 329 g/mol. The van der Waals surface area contributed by atoms with Crippen molar-refractivity contribution >= 4 is 24.1 Å².